The maximum atomic E-state index is 9.44. The third-order valence-electron chi connectivity index (χ3n) is 1.97. The Bertz CT molecular complexity index is 184. The Morgan fingerprint density at radius 3 is 2.62 bits per heavy atom. The maximum absolute atomic E-state index is 9.44. The van der Waals surface area contributed by atoms with Crippen molar-refractivity contribution in [3.63, 3.8) is 0 Å². The van der Waals surface area contributed by atoms with Crippen LogP contribution in [0.15, 0.2) is 12.2 Å². The van der Waals surface area contributed by atoms with Crippen molar-refractivity contribution >= 4 is 0 Å². The van der Waals surface area contributed by atoms with Gasteiger partial charge in [-0.1, -0.05) is 37.8 Å². The molecular formula is C12H20O. The molecule has 0 aliphatic rings. The van der Waals surface area contributed by atoms with Gasteiger partial charge in [0.25, 0.3) is 0 Å². The minimum atomic E-state index is -0.971. The molecule has 0 saturated carbocycles. The molecule has 1 N–H and O–H groups in total. The molecule has 0 aromatic heterocycles. The molecule has 0 rings (SSSR count). The van der Waals surface area contributed by atoms with E-state index in [2.05, 4.69) is 18.9 Å². The highest BCUT2D eigenvalue weighted by Gasteiger charge is 2.12. The third kappa shape index (κ3) is 7.62. The van der Waals surface area contributed by atoms with Gasteiger partial charge in [0.05, 0.1) is 0 Å². The lowest BCUT2D eigenvalue weighted by Gasteiger charge is -2.12. The summed E-state index contributed by atoms with van der Waals surface area (Å²) in [5, 5.41) is 9.44. The van der Waals surface area contributed by atoms with Crippen LogP contribution < -0.4 is 0 Å². The first-order chi connectivity index (χ1) is 6.12. The summed E-state index contributed by atoms with van der Waals surface area (Å²) in [6.07, 6.45) is 14.6. The highest BCUT2D eigenvalue weighted by molar-refractivity contribution is 5.08. The number of hydrogen-bond donors (Lipinski definition) is 1. The van der Waals surface area contributed by atoms with Gasteiger partial charge >= 0.3 is 0 Å². The van der Waals surface area contributed by atoms with Gasteiger partial charge in [-0.25, -0.2) is 0 Å². The fraction of sp³-hybridized carbons (Fsp3) is 0.667. The smallest absolute Gasteiger partial charge is 0.125 e. The van der Waals surface area contributed by atoms with E-state index in [-0.39, 0.29) is 0 Å². The van der Waals surface area contributed by atoms with Crippen molar-refractivity contribution in [3.8, 4) is 12.3 Å². The van der Waals surface area contributed by atoms with E-state index in [4.69, 9.17) is 6.42 Å². The minimum absolute atomic E-state index is 0.551. The second-order valence-corrected chi connectivity index (χ2v) is 3.59. The molecule has 0 saturated heterocycles. The van der Waals surface area contributed by atoms with E-state index >= 15 is 0 Å². The molecular weight excluding hydrogens is 160 g/mol. The first-order valence-electron chi connectivity index (χ1n) is 4.97. The second kappa shape index (κ2) is 6.74. The lowest BCUT2D eigenvalue weighted by molar-refractivity contribution is 0.126. The molecule has 13 heavy (non-hydrogen) atoms. The van der Waals surface area contributed by atoms with Crippen molar-refractivity contribution in [1.29, 1.82) is 0 Å². The second-order valence-electron chi connectivity index (χ2n) is 3.59. The van der Waals surface area contributed by atoms with E-state index < -0.39 is 5.60 Å². The topological polar surface area (TPSA) is 20.2 Å². The van der Waals surface area contributed by atoms with Crippen LogP contribution in [-0.4, -0.2) is 10.7 Å². The summed E-state index contributed by atoms with van der Waals surface area (Å²) in [5.41, 5.74) is -0.971. The lowest BCUT2D eigenvalue weighted by atomic mass is 10.0. The van der Waals surface area contributed by atoms with Gasteiger partial charge in [0, 0.05) is 6.42 Å². The first kappa shape index (κ1) is 12.3. The number of aliphatic hydroxyl groups is 1. The molecule has 0 bridgehead atoms. The van der Waals surface area contributed by atoms with Crippen LogP contribution in [0.3, 0.4) is 0 Å². The highest BCUT2D eigenvalue weighted by Crippen LogP contribution is 2.08. The summed E-state index contributed by atoms with van der Waals surface area (Å²) in [6, 6.07) is 0. The predicted molar refractivity (Wildman–Crippen MR) is 57.4 cm³/mol. The molecule has 0 radical (unpaired) electrons. The van der Waals surface area contributed by atoms with E-state index in [9.17, 15) is 5.11 Å². The fourth-order valence-electron chi connectivity index (χ4n) is 1.00. The third-order valence-corrected chi connectivity index (χ3v) is 1.97. The van der Waals surface area contributed by atoms with Crippen molar-refractivity contribution in [1.82, 2.24) is 0 Å². The molecule has 0 aromatic carbocycles. The standard InChI is InChI=1S/C12H20O/c1-4-6-7-8-9-10-11-12(3,13)5-2/h2,9-10,13H,4,6-8,11H2,1,3H3/b10-9+. The van der Waals surface area contributed by atoms with Crippen molar-refractivity contribution in [2.75, 3.05) is 0 Å². The SMILES string of the molecule is C#CC(C)(O)C/C=C/CCCCC. The highest BCUT2D eigenvalue weighted by atomic mass is 16.3. The molecule has 0 aromatic rings. The Labute approximate surface area is 81.9 Å². The van der Waals surface area contributed by atoms with Crippen LogP contribution in [0.25, 0.3) is 0 Å². The largest absolute Gasteiger partial charge is 0.378 e. The summed E-state index contributed by atoms with van der Waals surface area (Å²) in [7, 11) is 0. The Hall–Kier alpha value is -0.740. The van der Waals surface area contributed by atoms with Gasteiger partial charge < -0.3 is 5.11 Å². The predicted octanol–water partition coefficient (Wildman–Crippen LogP) is 2.90. The van der Waals surface area contributed by atoms with E-state index in [1.807, 2.05) is 6.08 Å². The normalized spacial score (nSPS) is 15.5. The summed E-state index contributed by atoms with van der Waals surface area (Å²) >= 11 is 0. The molecule has 1 unspecified atom stereocenters. The molecule has 1 nitrogen and oxygen atoms in total. The van der Waals surface area contributed by atoms with E-state index in [1.54, 1.807) is 6.92 Å². The zero-order chi connectivity index (χ0) is 10.2. The minimum Gasteiger partial charge on any atom is -0.378 e. The van der Waals surface area contributed by atoms with Crippen molar-refractivity contribution in [2.24, 2.45) is 0 Å². The van der Waals surface area contributed by atoms with Crippen LogP contribution in [0.1, 0.15) is 46.0 Å². The van der Waals surface area contributed by atoms with Gasteiger partial charge in [0.1, 0.15) is 5.60 Å². The summed E-state index contributed by atoms with van der Waals surface area (Å²) in [5.74, 6) is 2.35. The van der Waals surface area contributed by atoms with Crippen LogP contribution in [-0.2, 0) is 0 Å². The van der Waals surface area contributed by atoms with Crippen LogP contribution in [0.4, 0.5) is 0 Å². The zero-order valence-corrected chi connectivity index (χ0v) is 8.71. The Kier molecular flexibility index (Phi) is 6.36. The molecule has 74 valence electrons. The molecule has 0 heterocycles. The molecule has 1 atom stereocenters. The van der Waals surface area contributed by atoms with Crippen LogP contribution in [0.2, 0.25) is 0 Å². The first-order valence-corrected chi connectivity index (χ1v) is 4.97. The van der Waals surface area contributed by atoms with Gasteiger partial charge in [-0.3, -0.25) is 0 Å². The average Bonchev–Trinajstić information content (AvgIpc) is 2.11. The number of rotatable bonds is 6. The van der Waals surface area contributed by atoms with Crippen LogP contribution in [0, 0.1) is 12.3 Å². The fourth-order valence-corrected chi connectivity index (χ4v) is 1.00. The summed E-state index contributed by atoms with van der Waals surface area (Å²) in [4.78, 5) is 0. The monoisotopic (exact) mass is 180 g/mol. The van der Waals surface area contributed by atoms with Gasteiger partial charge in [-0.15, -0.1) is 6.42 Å². The quantitative estimate of drug-likeness (QED) is 0.378. The molecule has 0 aliphatic heterocycles. The Morgan fingerprint density at radius 1 is 1.38 bits per heavy atom. The molecule has 0 aliphatic carbocycles. The lowest BCUT2D eigenvalue weighted by Crippen LogP contribution is -2.19. The van der Waals surface area contributed by atoms with E-state index in [0.717, 1.165) is 6.42 Å². The van der Waals surface area contributed by atoms with Crippen molar-refractivity contribution < 1.29 is 5.11 Å². The van der Waals surface area contributed by atoms with E-state index in [1.165, 1.54) is 19.3 Å². The number of unbranched alkanes of at least 4 members (excludes halogenated alkanes) is 3. The number of allylic oxidation sites excluding steroid dienone is 1. The molecule has 0 fully saturated rings. The molecule has 1 heteroatoms. The van der Waals surface area contributed by atoms with Crippen LogP contribution >= 0.6 is 0 Å². The van der Waals surface area contributed by atoms with Gasteiger partial charge in [0.2, 0.25) is 0 Å². The number of hydrogen-bond acceptors (Lipinski definition) is 1. The summed E-state index contributed by atoms with van der Waals surface area (Å²) in [6.45, 7) is 3.84. The van der Waals surface area contributed by atoms with Crippen molar-refractivity contribution in [3.05, 3.63) is 12.2 Å². The zero-order valence-electron chi connectivity index (χ0n) is 8.71. The Morgan fingerprint density at radius 2 is 2.08 bits per heavy atom. The Balaban J connectivity index is 3.48. The maximum Gasteiger partial charge on any atom is 0.125 e. The van der Waals surface area contributed by atoms with Crippen LogP contribution in [0.5, 0.6) is 0 Å². The van der Waals surface area contributed by atoms with E-state index in [0.29, 0.717) is 6.42 Å². The van der Waals surface area contributed by atoms with Gasteiger partial charge in [-0.2, -0.15) is 0 Å². The number of terminal acetylenes is 1. The summed E-state index contributed by atoms with van der Waals surface area (Å²) < 4.78 is 0. The van der Waals surface area contributed by atoms with Gasteiger partial charge in [-0.05, 0) is 19.8 Å². The molecule has 0 spiro atoms. The van der Waals surface area contributed by atoms with Gasteiger partial charge in [0.15, 0.2) is 0 Å². The van der Waals surface area contributed by atoms with Crippen molar-refractivity contribution in [2.45, 2.75) is 51.6 Å². The average molecular weight is 180 g/mol. The molecule has 0 amide bonds.